The number of carbonyl (C=O) groups is 1. The molecule has 0 aliphatic carbocycles. The normalized spacial score (nSPS) is 17.0. The van der Waals surface area contributed by atoms with E-state index in [0.29, 0.717) is 0 Å². The number of aromatic nitrogens is 1. The second kappa shape index (κ2) is 9.17. The average molecular weight is 447 g/mol. The van der Waals surface area contributed by atoms with Crippen molar-refractivity contribution in [3.05, 3.63) is 82.0 Å². The largest absolute Gasteiger partial charge is 0.378 e. The zero-order chi connectivity index (χ0) is 22.8. The summed E-state index contributed by atoms with van der Waals surface area (Å²) in [6.07, 6.45) is 3.01. The second-order valence-electron chi connectivity index (χ2n) is 8.25. The third-order valence-corrected chi connectivity index (χ3v) is 6.80. The number of aryl methyl sites for hydroxylation is 2. The van der Waals surface area contributed by atoms with Crippen LogP contribution in [-0.2, 0) is 11.2 Å². The summed E-state index contributed by atoms with van der Waals surface area (Å²) in [5, 5.41) is 6.41. The summed E-state index contributed by atoms with van der Waals surface area (Å²) >= 11 is 1.52. The van der Waals surface area contributed by atoms with Gasteiger partial charge in [-0.05, 0) is 79.9 Å². The van der Waals surface area contributed by atoms with Gasteiger partial charge in [-0.1, -0.05) is 30.8 Å². The number of thioether (sulfide) groups is 1. The van der Waals surface area contributed by atoms with Crippen LogP contribution in [0.25, 0.3) is 11.8 Å². The Labute approximate surface area is 194 Å². The number of rotatable bonds is 6. The van der Waals surface area contributed by atoms with E-state index < -0.39 is 0 Å². The Balaban J connectivity index is 1.53. The molecule has 0 radical (unpaired) electrons. The number of anilines is 2. The lowest BCUT2D eigenvalue weighted by molar-refractivity contribution is -0.116. The molecule has 1 aliphatic rings. The van der Waals surface area contributed by atoms with Crippen LogP contribution in [0.3, 0.4) is 0 Å². The van der Waals surface area contributed by atoms with Crippen molar-refractivity contribution in [3.63, 3.8) is 0 Å². The first-order chi connectivity index (χ1) is 15.4. The van der Waals surface area contributed by atoms with Crippen LogP contribution < -0.4 is 15.5 Å². The van der Waals surface area contributed by atoms with Gasteiger partial charge in [-0.25, -0.2) is 0 Å². The van der Waals surface area contributed by atoms with E-state index >= 15 is 0 Å². The third kappa shape index (κ3) is 4.55. The van der Waals surface area contributed by atoms with E-state index in [-0.39, 0.29) is 11.4 Å². The van der Waals surface area contributed by atoms with Crippen molar-refractivity contribution < 1.29 is 4.79 Å². The van der Waals surface area contributed by atoms with Crippen LogP contribution in [0.1, 0.15) is 29.4 Å². The molecule has 1 aromatic heterocycles. The van der Waals surface area contributed by atoms with E-state index in [1.165, 1.54) is 23.0 Å². The van der Waals surface area contributed by atoms with Gasteiger partial charge in [0.05, 0.1) is 4.91 Å². The summed E-state index contributed by atoms with van der Waals surface area (Å²) < 4.78 is 2.23. The van der Waals surface area contributed by atoms with Gasteiger partial charge in [0.15, 0.2) is 5.50 Å². The van der Waals surface area contributed by atoms with Crippen molar-refractivity contribution in [2.45, 2.75) is 32.7 Å². The van der Waals surface area contributed by atoms with Gasteiger partial charge in [0.2, 0.25) is 0 Å². The summed E-state index contributed by atoms with van der Waals surface area (Å²) in [5.41, 5.74) is 7.72. The second-order valence-corrected chi connectivity index (χ2v) is 9.39. The predicted octanol–water partition coefficient (Wildman–Crippen LogP) is 5.32. The standard InChI is InChI=1S/C26H30N4OS/c1-6-19-7-9-21(10-8-19)27-26-28-25(31)24(32-26)16-20-15-17(2)30(18(20)3)23-13-11-22(12-14-23)29(4)5/h7-16,26-27H,6H2,1-5H3,(H,28,31)/b24-16-/t26-/m1/s1. The molecule has 6 heteroatoms. The molecule has 5 nitrogen and oxygen atoms in total. The Hall–Kier alpha value is -3.12. The molecule has 1 fully saturated rings. The van der Waals surface area contributed by atoms with Crippen LogP contribution in [0.2, 0.25) is 0 Å². The maximum atomic E-state index is 12.6. The summed E-state index contributed by atoms with van der Waals surface area (Å²) in [5.74, 6) is -0.0437. The van der Waals surface area contributed by atoms with E-state index in [4.69, 9.17) is 0 Å². The number of nitrogens with one attached hydrogen (secondary N) is 2. The molecule has 1 amide bonds. The molecule has 3 aromatic rings. The van der Waals surface area contributed by atoms with Crippen molar-refractivity contribution >= 4 is 35.1 Å². The number of hydrogen-bond acceptors (Lipinski definition) is 4. The quantitative estimate of drug-likeness (QED) is 0.503. The SMILES string of the molecule is CCc1ccc(N[C@@H]2NC(=O)/C(=C/c3cc(C)n(-c4ccc(N(C)C)cc4)c3C)S2)cc1. The maximum Gasteiger partial charge on any atom is 0.260 e. The van der Waals surface area contributed by atoms with Gasteiger partial charge in [0.1, 0.15) is 0 Å². The van der Waals surface area contributed by atoms with Gasteiger partial charge in [0, 0.05) is 42.5 Å². The van der Waals surface area contributed by atoms with Crippen LogP contribution in [0.4, 0.5) is 11.4 Å². The highest BCUT2D eigenvalue weighted by molar-refractivity contribution is 8.05. The van der Waals surface area contributed by atoms with Gasteiger partial charge < -0.3 is 20.1 Å². The van der Waals surface area contributed by atoms with Crippen LogP contribution in [0.5, 0.6) is 0 Å². The molecule has 166 valence electrons. The fourth-order valence-corrected chi connectivity index (χ4v) is 4.90. The lowest BCUT2D eigenvalue weighted by Crippen LogP contribution is -2.30. The topological polar surface area (TPSA) is 49.3 Å². The monoisotopic (exact) mass is 446 g/mol. The summed E-state index contributed by atoms with van der Waals surface area (Å²) in [6, 6.07) is 19.0. The first-order valence-electron chi connectivity index (χ1n) is 10.9. The van der Waals surface area contributed by atoms with E-state index in [2.05, 4.69) is 95.5 Å². The maximum absolute atomic E-state index is 12.6. The highest BCUT2D eigenvalue weighted by atomic mass is 32.2. The van der Waals surface area contributed by atoms with E-state index in [1.54, 1.807) is 0 Å². The fraction of sp³-hybridized carbons (Fsp3) is 0.269. The van der Waals surface area contributed by atoms with Crippen molar-refractivity contribution in [2.75, 3.05) is 24.3 Å². The predicted molar refractivity (Wildman–Crippen MR) is 137 cm³/mol. The van der Waals surface area contributed by atoms with Gasteiger partial charge in [-0.2, -0.15) is 0 Å². The summed E-state index contributed by atoms with van der Waals surface area (Å²) in [4.78, 5) is 15.4. The van der Waals surface area contributed by atoms with Gasteiger partial charge in [-0.3, -0.25) is 4.79 Å². The molecule has 1 atom stereocenters. The van der Waals surface area contributed by atoms with Crippen LogP contribution in [0, 0.1) is 13.8 Å². The average Bonchev–Trinajstić information content (AvgIpc) is 3.26. The zero-order valence-electron chi connectivity index (χ0n) is 19.3. The number of nitrogens with zero attached hydrogens (tertiary/aromatic N) is 2. The van der Waals surface area contributed by atoms with Gasteiger partial charge in [0.25, 0.3) is 5.91 Å². The van der Waals surface area contributed by atoms with Gasteiger partial charge >= 0.3 is 0 Å². The molecule has 1 saturated heterocycles. The van der Waals surface area contributed by atoms with Crippen molar-refractivity contribution in [1.82, 2.24) is 9.88 Å². The molecule has 1 aliphatic heterocycles. The Kier molecular flexibility index (Phi) is 6.33. The van der Waals surface area contributed by atoms with Crippen molar-refractivity contribution in [3.8, 4) is 5.69 Å². The molecule has 2 heterocycles. The van der Waals surface area contributed by atoms with Crippen LogP contribution in [-0.4, -0.2) is 30.1 Å². The molecule has 0 unspecified atom stereocenters. The molecular formula is C26H30N4OS. The lowest BCUT2D eigenvalue weighted by atomic mass is 10.1. The Morgan fingerprint density at radius 3 is 2.41 bits per heavy atom. The first-order valence-corrected chi connectivity index (χ1v) is 11.7. The van der Waals surface area contributed by atoms with Crippen LogP contribution in [0.15, 0.2) is 59.5 Å². The lowest BCUT2D eigenvalue weighted by Gasteiger charge is -2.15. The first kappa shape index (κ1) is 22.1. The van der Waals surface area contributed by atoms with E-state index in [9.17, 15) is 4.79 Å². The van der Waals surface area contributed by atoms with Crippen molar-refractivity contribution in [2.24, 2.45) is 0 Å². The molecule has 0 saturated carbocycles. The number of benzene rings is 2. The van der Waals surface area contributed by atoms with Crippen LogP contribution >= 0.6 is 11.8 Å². The number of carbonyl (C=O) groups excluding carboxylic acids is 1. The molecule has 32 heavy (non-hydrogen) atoms. The summed E-state index contributed by atoms with van der Waals surface area (Å²) in [6.45, 7) is 6.34. The number of hydrogen-bond donors (Lipinski definition) is 2. The highest BCUT2D eigenvalue weighted by Gasteiger charge is 2.27. The zero-order valence-corrected chi connectivity index (χ0v) is 20.1. The minimum Gasteiger partial charge on any atom is -0.378 e. The Morgan fingerprint density at radius 2 is 1.78 bits per heavy atom. The van der Waals surface area contributed by atoms with E-state index in [1.807, 2.05) is 20.2 Å². The number of amides is 1. The molecule has 0 bridgehead atoms. The fourth-order valence-electron chi connectivity index (χ4n) is 3.93. The smallest absolute Gasteiger partial charge is 0.260 e. The van der Waals surface area contributed by atoms with Gasteiger partial charge in [-0.15, -0.1) is 0 Å². The minimum absolute atomic E-state index is 0.0437. The summed E-state index contributed by atoms with van der Waals surface area (Å²) in [7, 11) is 4.08. The minimum atomic E-state index is -0.178. The molecule has 0 spiro atoms. The van der Waals surface area contributed by atoms with E-state index in [0.717, 1.165) is 39.7 Å². The Morgan fingerprint density at radius 1 is 1.09 bits per heavy atom. The molecule has 2 aromatic carbocycles. The molecule has 4 rings (SSSR count). The van der Waals surface area contributed by atoms with Crippen molar-refractivity contribution in [1.29, 1.82) is 0 Å². The Bertz CT molecular complexity index is 1140. The third-order valence-electron chi connectivity index (χ3n) is 5.77. The highest BCUT2D eigenvalue weighted by Crippen LogP contribution is 2.32. The molecular weight excluding hydrogens is 416 g/mol. The molecule has 2 N–H and O–H groups in total.